The number of ether oxygens (including phenoxy) is 1. The van der Waals surface area contributed by atoms with Crippen molar-refractivity contribution in [2.45, 2.75) is 6.92 Å². The van der Waals surface area contributed by atoms with Crippen LogP contribution in [-0.4, -0.2) is 23.8 Å². The molecule has 0 saturated carbocycles. The highest BCUT2D eigenvalue weighted by molar-refractivity contribution is 6.10. The average molecular weight is 372 g/mol. The van der Waals surface area contributed by atoms with Crippen LogP contribution in [0, 0.1) is 6.92 Å². The minimum atomic E-state index is -0.387. The number of para-hydroxylation sites is 1. The summed E-state index contributed by atoms with van der Waals surface area (Å²) in [7, 11) is 1.35. The molecule has 0 aliphatic carbocycles. The van der Waals surface area contributed by atoms with E-state index < -0.39 is 0 Å². The van der Waals surface area contributed by atoms with Crippen LogP contribution in [0.25, 0.3) is 6.08 Å². The Morgan fingerprint density at radius 2 is 1.82 bits per heavy atom. The highest BCUT2D eigenvalue weighted by atomic mass is 16.5. The van der Waals surface area contributed by atoms with Crippen LogP contribution in [0.15, 0.2) is 72.9 Å². The molecule has 0 saturated heterocycles. The topological polar surface area (TPSA) is 68.3 Å². The van der Waals surface area contributed by atoms with E-state index in [0.29, 0.717) is 16.9 Å². The molecule has 3 rings (SSSR count). The van der Waals surface area contributed by atoms with Crippen LogP contribution in [-0.2, 0) is 4.74 Å². The van der Waals surface area contributed by atoms with Gasteiger partial charge in [0.2, 0.25) is 0 Å². The number of ketones is 1. The second-order valence-corrected chi connectivity index (χ2v) is 6.15. The Morgan fingerprint density at radius 3 is 2.54 bits per heavy atom. The van der Waals surface area contributed by atoms with Crippen LogP contribution in [0.3, 0.4) is 0 Å². The predicted octanol–water partition coefficient (Wildman–Crippen LogP) is 4.82. The summed E-state index contributed by atoms with van der Waals surface area (Å²) < 4.78 is 4.72. The molecule has 28 heavy (non-hydrogen) atoms. The number of carbonyl (C=O) groups excluding carboxylic acids is 2. The summed E-state index contributed by atoms with van der Waals surface area (Å²) in [5.41, 5.74) is 3.54. The van der Waals surface area contributed by atoms with E-state index in [4.69, 9.17) is 4.74 Å². The van der Waals surface area contributed by atoms with Gasteiger partial charge in [0.05, 0.1) is 18.2 Å². The molecule has 0 fully saturated rings. The number of carbonyl (C=O) groups is 2. The number of allylic oxidation sites excluding steroid dienone is 1. The maximum atomic E-state index is 12.7. The first-order valence-corrected chi connectivity index (χ1v) is 8.77. The highest BCUT2D eigenvalue weighted by Crippen LogP contribution is 2.20. The lowest BCUT2D eigenvalue weighted by atomic mass is 10.0. The largest absolute Gasteiger partial charge is 0.465 e. The normalized spacial score (nSPS) is 10.6. The van der Waals surface area contributed by atoms with Gasteiger partial charge in [0, 0.05) is 11.9 Å². The molecule has 0 spiro atoms. The molecule has 0 radical (unpaired) electrons. The molecule has 3 aromatic rings. The minimum absolute atomic E-state index is 0.164. The fourth-order valence-corrected chi connectivity index (χ4v) is 2.72. The number of benzene rings is 2. The van der Waals surface area contributed by atoms with E-state index in [2.05, 4.69) is 10.3 Å². The van der Waals surface area contributed by atoms with Crippen LogP contribution in [0.5, 0.6) is 0 Å². The van der Waals surface area contributed by atoms with Gasteiger partial charge in [-0.3, -0.25) is 4.79 Å². The molecule has 1 aromatic heterocycles. The second kappa shape index (κ2) is 8.77. The number of hydrogen-bond acceptors (Lipinski definition) is 5. The van der Waals surface area contributed by atoms with Gasteiger partial charge in [-0.2, -0.15) is 0 Å². The molecule has 0 atom stereocenters. The van der Waals surface area contributed by atoms with Crippen LogP contribution in [0.1, 0.15) is 31.8 Å². The van der Waals surface area contributed by atoms with Gasteiger partial charge in [0.15, 0.2) is 5.78 Å². The van der Waals surface area contributed by atoms with Crippen LogP contribution >= 0.6 is 0 Å². The zero-order chi connectivity index (χ0) is 19.9. The van der Waals surface area contributed by atoms with E-state index in [1.165, 1.54) is 13.2 Å². The van der Waals surface area contributed by atoms with Crippen molar-refractivity contribution < 1.29 is 14.3 Å². The molecule has 0 aliphatic rings. The van der Waals surface area contributed by atoms with Crippen molar-refractivity contribution in [1.29, 1.82) is 0 Å². The Hall–Kier alpha value is -3.73. The molecular formula is C23H20N2O3. The lowest BCUT2D eigenvalue weighted by molar-refractivity contribution is 0.0600. The number of aromatic nitrogens is 1. The number of esters is 1. The molecule has 0 aliphatic heterocycles. The fourth-order valence-electron chi connectivity index (χ4n) is 2.72. The van der Waals surface area contributed by atoms with E-state index >= 15 is 0 Å². The molecular weight excluding hydrogens is 352 g/mol. The monoisotopic (exact) mass is 372 g/mol. The molecule has 1 N–H and O–H groups in total. The summed E-state index contributed by atoms with van der Waals surface area (Å²) in [4.78, 5) is 28.6. The predicted molar refractivity (Wildman–Crippen MR) is 110 cm³/mol. The van der Waals surface area contributed by atoms with Gasteiger partial charge in [0.25, 0.3) is 0 Å². The third kappa shape index (κ3) is 4.51. The first-order chi connectivity index (χ1) is 13.6. The highest BCUT2D eigenvalue weighted by Gasteiger charge is 2.11. The first-order valence-electron chi connectivity index (χ1n) is 8.77. The van der Waals surface area contributed by atoms with Gasteiger partial charge in [-0.15, -0.1) is 0 Å². The Labute approximate surface area is 163 Å². The number of rotatable bonds is 6. The van der Waals surface area contributed by atoms with E-state index in [-0.39, 0.29) is 11.8 Å². The van der Waals surface area contributed by atoms with E-state index in [0.717, 1.165) is 16.8 Å². The lowest BCUT2D eigenvalue weighted by Crippen LogP contribution is -2.03. The summed E-state index contributed by atoms with van der Waals surface area (Å²) in [6.45, 7) is 1.88. The zero-order valence-electron chi connectivity index (χ0n) is 15.7. The number of methoxy groups -OCH3 is 1. The summed E-state index contributed by atoms with van der Waals surface area (Å²) in [5, 5.41) is 3.17. The van der Waals surface area contributed by atoms with Crippen molar-refractivity contribution in [3.63, 3.8) is 0 Å². The minimum Gasteiger partial charge on any atom is -0.465 e. The van der Waals surface area contributed by atoms with Crippen molar-refractivity contribution >= 4 is 29.3 Å². The van der Waals surface area contributed by atoms with E-state index in [9.17, 15) is 9.59 Å². The van der Waals surface area contributed by atoms with Crippen molar-refractivity contribution in [3.05, 3.63) is 95.2 Å². The summed E-state index contributed by atoms with van der Waals surface area (Å²) in [6, 6.07) is 18.2. The SMILES string of the molecule is COC(=O)c1ccc(C=CC(=O)c2cccnc2Nc2ccccc2)c(C)c1. The van der Waals surface area contributed by atoms with E-state index in [1.807, 2.05) is 37.3 Å². The molecule has 2 aromatic carbocycles. The van der Waals surface area contributed by atoms with Gasteiger partial charge < -0.3 is 10.1 Å². The third-order valence-corrected chi connectivity index (χ3v) is 4.21. The van der Waals surface area contributed by atoms with Crippen molar-refractivity contribution in [2.24, 2.45) is 0 Å². The Bertz CT molecular complexity index is 1030. The molecule has 0 unspecified atom stereocenters. The number of pyridine rings is 1. The smallest absolute Gasteiger partial charge is 0.337 e. The summed E-state index contributed by atoms with van der Waals surface area (Å²) in [5.74, 6) is -0.0502. The van der Waals surface area contributed by atoms with Gasteiger partial charge in [-0.25, -0.2) is 9.78 Å². The average Bonchev–Trinajstić information content (AvgIpc) is 2.73. The molecule has 0 bridgehead atoms. The summed E-state index contributed by atoms with van der Waals surface area (Å²) in [6.07, 6.45) is 4.88. The van der Waals surface area contributed by atoms with Crippen molar-refractivity contribution in [3.8, 4) is 0 Å². The van der Waals surface area contributed by atoms with Gasteiger partial charge >= 0.3 is 5.97 Å². The van der Waals surface area contributed by atoms with Gasteiger partial charge in [0.1, 0.15) is 5.82 Å². The number of anilines is 2. The lowest BCUT2D eigenvalue weighted by Gasteiger charge is -2.09. The first kappa shape index (κ1) is 19.0. The maximum absolute atomic E-state index is 12.7. The summed E-state index contributed by atoms with van der Waals surface area (Å²) >= 11 is 0. The Kier molecular flexibility index (Phi) is 5.97. The second-order valence-electron chi connectivity index (χ2n) is 6.15. The number of hydrogen-bond donors (Lipinski definition) is 1. The van der Waals surface area contributed by atoms with Crippen LogP contribution < -0.4 is 5.32 Å². The number of nitrogens with one attached hydrogen (secondary N) is 1. The fraction of sp³-hybridized carbons (Fsp3) is 0.0870. The number of aryl methyl sites for hydroxylation is 1. The molecule has 140 valence electrons. The van der Waals surface area contributed by atoms with Crippen LogP contribution in [0.2, 0.25) is 0 Å². The standard InChI is InChI=1S/C23H20N2O3/c1-16-15-18(23(27)28-2)11-10-17(16)12-13-21(26)20-9-6-14-24-22(20)25-19-7-4-3-5-8-19/h3-15H,1-2H3,(H,24,25). The maximum Gasteiger partial charge on any atom is 0.337 e. The Balaban J connectivity index is 1.81. The molecule has 0 amide bonds. The zero-order valence-corrected chi connectivity index (χ0v) is 15.7. The third-order valence-electron chi connectivity index (χ3n) is 4.21. The molecule has 1 heterocycles. The van der Waals surface area contributed by atoms with Crippen molar-refractivity contribution in [1.82, 2.24) is 4.98 Å². The van der Waals surface area contributed by atoms with Crippen molar-refractivity contribution in [2.75, 3.05) is 12.4 Å². The van der Waals surface area contributed by atoms with Crippen LogP contribution in [0.4, 0.5) is 11.5 Å². The Morgan fingerprint density at radius 1 is 1.04 bits per heavy atom. The molecule has 5 heteroatoms. The number of nitrogens with zero attached hydrogens (tertiary/aromatic N) is 1. The van der Waals surface area contributed by atoms with Gasteiger partial charge in [-0.05, 0) is 60.5 Å². The quantitative estimate of drug-likeness (QED) is 0.382. The van der Waals surface area contributed by atoms with Gasteiger partial charge in [-0.1, -0.05) is 30.3 Å². The molecule has 5 nitrogen and oxygen atoms in total. The van der Waals surface area contributed by atoms with E-state index in [1.54, 1.807) is 42.6 Å².